The van der Waals surface area contributed by atoms with Crippen LogP contribution in [0.4, 0.5) is 0 Å². The topological polar surface area (TPSA) is 44.4 Å². The number of carbonyl (C=O) groups excluding carboxylic acids is 1. The summed E-state index contributed by atoms with van der Waals surface area (Å²) in [6.07, 6.45) is 0. The Morgan fingerprint density at radius 1 is 1.04 bits per heavy atom. The number of nitrogens with one attached hydrogen (secondary N) is 2. The fraction of sp³-hybridized carbons (Fsp3) is 0.316. The van der Waals surface area contributed by atoms with Gasteiger partial charge in [0, 0.05) is 32.7 Å². The summed E-state index contributed by atoms with van der Waals surface area (Å²) in [4.78, 5) is 14.7. The van der Waals surface area contributed by atoms with Gasteiger partial charge in [-0.2, -0.15) is 0 Å². The van der Waals surface area contributed by atoms with Gasteiger partial charge in [-0.3, -0.25) is 9.69 Å². The zero-order chi connectivity index (χ0) is 15.9. The summed E-state index contributed by atoms with van der Waals surface area (Å²) in [5, 5.41) is 6.34. The van der Waals surface area contributed by atoms with Gasteiger partial charge in [0.2, 0.25) is 5.91 Å². The Morgan fingerprint density at radius 2 is 1.70 bits per heavy atom. The molecule has 0 spiro atoms. The molecule has 2 aromatic rings. The van der Waals surface area contributed by atoms with Crippen molar-refractivity contribution < 1.29 is 4.79 Å². The van der Waals surface area contributed by atoms with E-state index in [2.05, 4.69) is 39.8 Å². The second-order valence-corrected chi connectivity index (χ2v) is 5.93. The summed E-state index contributed by atoms with van der Waals surface area (Å²) in [5.41, 5.74) is 2.41. The van der Waals surface area contributed by atoms with Crippen LogP contribution < -0.4 is 10.6 Å². The van der Waals surface area contributed by atoms with Gasteiger partial charge < -0.3 is 10.6 Å². The standard InChI is InChI=1S/C19H23N3O/c23-19(21-13-16-7-3-1-4-8-16)18-15-22(12-11-20-18)14-17-9-5-2-6-10-17/h1-10,18,20H,11-15H2,(H,21,23). The van der Waals surface area contributed by atoms with Gasteiger partial charge in [0.15, 0.2) is 0 Å². The molecule has 0 aromatic heterocycles. The summed E-state index contributed by atoms with van der Waals surface area (Å²) in [6.45, 7) is 4.03. The number of amides is 1. The first kappa shape index (κ1) is 15.7. The van der Waals surface area contributed by atoms with Gasteiger partial charge in [0.1, 0.15) is 0 Å². The van der Waals surface area contributed by atoms with Crippen molar-refractivity contribution in [3.8, 4) is 0 Å². The van der Waals surface area contributed by atoms with Gasteiger partial charge in [0.25, 0.3) is 0 Å². The SMILES string of the molecule is O=C(NCc1ccccc1)C1CN(Cc2ccccc2)CCN1. The first-order valence-electron chi connectivity index (χ1n) is 8.12. The van der Waals surface area contributed by atoms with Crippen LogP contribution in [-0.4, -0.2) is 36.5 Å². The quantitative estimate of drug-likeness (QED) is 0.885. The van der Waals surface area contributed by atoms with Crippen LogP contribution in [-0.2, 0) is 17.9 Å². The van der Waals surface area contributed by atoms with Gasteiger partial charge in [0.05, 0.1) is 6.04 Å². The maximum Gasteiger partial charge on any atom is 0.238 e. The maximum atomic E-state index is 12.4. The minimum Gasteiger partial charge on any atom is -0.351 e. The van der Waals surface area contributed by atoms with E-state index >= 15 is 0 Å². The van der Waals surface area contributed by atoms with E-state index in [1.165, 1.54) is 5.56 Å². The Hall–Kier alpha value is -2.17. The number of nitrogens with zero attached hydrogens (tertiary/aromatic N) is 1. The van der Waals surface area contributed by atoms with Crippen molar-refractivity contribution in [2.45, 2.75) is 19.1 Å². The Morgan fingerprint density at radius 3 is 2.39 bits per heavy atom. The zero-order valence-electron chi connectivity index (χ0n) is 13.2. The molecule has 0 saturated carbocycles. The molecule has 1 unspecified atom stereocenters. The van der Waals surface area contributed by atoms with Crippen LogP contribution in [0.3, 0.4) is 0 Å². The number of hydrogen-bond acceptors (Lipinski definition) is 3. The molecule has 1 heterocycles. The molecule has 1 atom stereocenters. The number of hydrogen-bond donors (Lipinski definition) is 2. The van der Waals surface area contributed by atoms with Crippen LogP contribution in [0.5, 0.6) is 0 Å². The summed E-state index contributed by atoms with van der Waals surface area (Å²) in [6, 6.07) is 20.3. The molecule has 23 heavy (non-hydrogen) atoms. The fourth-order valence-corrected chi connectivity index (χ4v) is 2.88. The van der Waals surface area contributed by atoms with E-state index in [0.717, 1.165) is 31.7 Å². The molecule has 1 aliphatic rings. The molecule has 2 N–H and O–H groups in total. The Bertz CT molecular complexity index is 615. The molecule has 4 heteroatoms. The third-order valence-electron chi connectivity index (χ3n) is 4.13. The van der Waals surface area contributed by atoms with Crippen molar-refractivity contribution in [1.29, 1.82) is 0 Å². The molecule has 120 valence electrons. The van der Waals surface area contributed by atoms with Gasteiger partial charge in [-0.25, -0.2) is 0 Å². The first-order valence-corrected chi connectivity index (χ1v) is 8.12. The highest BCUT2D eigenvalue weighted by Gasteiger charge is 2.24. The summed E-state index contributed by atoms with van der Waals surface area (Å²) >= 11 is 0. The van der Waals surface area contributed by atoms with Gasteiger partial charge in [-0.15, -0.1) is 0 Å². The predicted octanol–water partition coefficient (Wildman–Crippen LogP) is 1.78. The monoisotopic (exact) mass is 309 g/mol. The molecule has 1 fully saturated rings. The number of rotatable bonds is 5. The van der Waals surface area contributed by atoms with Crippen LogP contribution in [0.1, 0.15) is 11.1 Å². The number of piperazine rings is 1. The molecule has 0 bridgehead atoms. The van der Waals surface area contributed by atoms with E-state index in [0.29, 0.717) is 6.54 Å². The lowest BCUT2D eigenvalue weighted by molar-refractivity contribution is -0.124. The summed E-state index contributed by atoms with van der Waals surface area (Å²) in [5.74, 6) is 0.0756. The van der Waals surface area contributed by atoms with Crippen LogP contribution >= 0.6 is 0 Å². The van der Waals surface area contributed by atoms with E-state index in [1.807, 2.05) is 36.4 Å². The van der Waals surface area contributed by atoms with Crippen LogP contribution in [0.25, 0.3) is 0 Å². The molecule has 1 amide bonds. The molecule has 1 saturated heterocycles. The molecular weight excluding hydrogens is 286 g/mol. The third-order valence-corrected chi connectivity index (χ3v) is 4.13. The van der Waals surface area contributed by atoms with Gasteiger partial charge in [-0.05, 0) is 11.1 Å². The lowest BCUT2D eigenvalue weighted by Gasteiger charge is -2.33. The molecule has 0 radical (unpaired) electrons. The van der Waals surface area contributed by atoms with Crippen molar-refractivity contribution in [3.05, 3.63) is 71.8 Å². The van der Waals surface area contributed by atoms with Gasteiger partial charge in [-0.1, -0.05) is 60.7 Å². The Balaban J connectivity index is 1.50. The predicted molar refractivity (Wildman–Crippen MR) is 91.8 cm³/mol. The molecule has 1 aliphatic heterocycles. The zero-order valence-corrected chi connectivity index (χ0v) is 13.2. The largest absolute Gasteiger partial charge is 0.351 e. The number of benzene rings is 2. The summed E-state index contributed by atoms with van der Waals surface area (Å²) < 4.78 is 0. The second kappa shape index (κ2) is 7.90. The second-order valence-electron chi connectivity index (χ2n) is 5.93. The van der Waals surface area contributed by atoms with Crippen LogP contribution in [0.2, 0.25) is 0 Å². The van der Waals surface area contributed by atoms with Crippen LogP contribution in [0, 0.1) is 0 Å². The van der Waals surface area contributed by atoms with E-state index in [1.54, 1.807) is 0 Å². The van der Waals surface area contributed by atoms with E-state index in [9.17, 15) is 4.79 Å². The molecule has 4 nitrogen and oxygen atoms in total. The smallest absolute Gasteiger partial charge is 0.238 e. The van der Waals surface area contributed by atoms with Crippen molar-refractivity contribution in [3.63, 3.8) is 0 Å². The average Bonchev–Trinajstić information content (AvgIpc) is 2.62. The molecule has 3 rings (SSSR count). The minimum absolute atomic E-state index is 0.0756. The molecule has 2 aromatic carbocycles. The first-order chi connectivity index (χ1) is 11.3. The normalized spacial score (nSPS) is 18.5. The Labute approximate surface area is 137 Å². The lowest BCUT2D eigenvalue weighted by atomic mass is 10.1. The molecular formula is C19H23N3O. The van der Waals surface area contributed by atoms with Crippen molar-refractivity contribution >= 4 is 5.91 Å². The van der Waals surface area contributed by atoms with Crippen molar-refractivity contribution in [2.24, 2.45) is 0 Å². The van der Waals surface area contributed by atoms with E-state index < -0.39 is 0 Å². The highest BCUT2D eigenvalue weighted by Crippen LogP contribution is 2.08. The van der Waals surface area contributed by atoms with Crippen molar-refractivity contribution in [1.82, 2.24) is 15.5 Å². The van der Waals surface area contributed by atoms with Crippen molar-refractivity contribution in [2.75, 3.05) is 19.6 Å². The van der Waals surface area contributed by atoms with Crippen LogP contribution in [0.15, 0.2) is 60.7 Å². The number of carbonyl (C=O) groups is 1. The summed E-state index contributed by atoms with van der Waals surface area (Å²) in [7, 11) is 0. The van der Waals surface area contributed by atoms with Gasteiger partial charge >= 0.3 is 0 Å². The van der Waals surface area contributed by atoms with E-state index in [4.69, 9.17) is 0 Å². The van der Waals surface area contributed by atoms with E-state index in [-0.39, 0.29) is 11.9 Å². The fourth-order valence-electron chi connectivity index (χ4n) is 2.88. The highest BCUT2D eigenvalue weighted by atomic mass is 16.2. The highest BCUT2D eigenvalue weighted by molar-refractivity contribution is 5.82. The average molecular weight is 309 g/mol. The Kier molecular flexibility index (Phi) is 5.40. The molecule has 0 aliphatic carbocycles. The third kappa shape index (κ3) is 4.65. The minimum atomic E-state index is -0.142. The maximum absolute atomic E-state index is 12.4. The lowest BCUT2D eigenvalue weighted by Crippen LogP contribution is -2.56.